The van der Waals surface area contributed by atoms with E-state index in [2.05, 4.69) is 9.97 Å². The Hall–Kier alpha value is -2.52. The van der Waals surface area contributed by atoms with Crippen LogP contribution in [0.5, 0.6) is 5.75 Å². The molecule has 8 nitrogen and oxygen atoms in total. The fourth-order valence-electron chi connectivity index (χ4n) is 4.29. The number of sulfonamides is 1. The van der Waals surface area contributed by atoms with Crippen LogP contribution in [0.15, 0.2) is 35.4 Å². The highest BCUT2D eigenvalue weighted by molar-refractivity contribution is 7.89. The Labute approximate surface area is 183 Å². The van der Waals surface area contributed by atoms with Crippen LogP contribution in [0.25, 0.3) is 0 Å². The van der Waals surface area contributed by atoms with Gasteiger partial charge in [-0.25, -0.2) is 18.4 Å². The van der Waals surface area contributed by atoms with Crippen molar-refractivity contribution in [3.8, 4) is 5.75 Å². The van der Waals surface area contributed by atoms with Gasteiger partial charge in [-0.3, -0.25) is 4.79 Å². The summed E-state index contributed by atoms with van der Waals surface area (Å²) < 4.78 is 33.1. The van der Waals surface area contributed by atoms with Gasteiger partial charge in [-0.1, -0.05) is 0 Å². The SMILES string of the molecule is COc1ccc(S(=O)(=O)N2CCC[C@H]2c2ncc(C(=O)N3CCCCC3)c(C)n2)cc1. The summed E-state index contributed by atoms with van der Waals surface area (Å²) in [6.45, 7) is 3.72. The van der Waals surface area contributed by atoms with Gasteiger partial charge in [0.15, 0.2) is 0 Å². The third kappa shape index (κ3) is 4.29. The largest absolute Gasteiger partial charge is 0.497 e. The van der Waals surface area contributed by atoms with E-state index in [9.17, 15) is 13.2 Å². The number of aryl methyl sites for hydroxylation is 1. The number of rotatable bonds is 5. The summed E-state index contributed by atoms with van der Waals surface area (Å²) in [6.07, 6.45) is 6.13. The lowest BCUT2D eigenvalue weighted by Crippen LogP contribution is -2.36. The molecule has 0 radical (unpaired) electrons. The molecule has 0 saturated carbocycles. The molecule has 4 rings (SSSR count). The number of carbonyl (C=O) groups is 1. The Bertz CT molecular complexity index is 1050. The Morgan fingerprint density at radius 2 is 1.77 bits per heavy atom. The summed E-state index contributed by atoms with van der Waals surface area (Å²) in [5.41, 5.74) is 1.09. The summed E-state index contributed by atoms with van der Waals surface area (Å²) in [4.78, 5) is 23.9. The van der Waals surface area contributed by atoms with Gasteiger partial charge in [-0.05, 0) is 63.3 Å². The van der Waals surface area contributed by atoms with Crippen molar-refractivity contribution >= 4 is 15.9 Å². The molecule has 0 unspecified atom stereocenters. The maximum absolute atomic E-state index is 13.3. The van der Waals surface area contributed by atoms with Gasteiger partial charge in [0.2, 0.25) is 10.0 Å². The summed E-state index contributed by atoms with van der Waals surface area (Å²) in [6, 6.07) is 5.94. The van der Waals surface area contributed by atoms with Crippen LogP contribution in [0.1, 0.15) is 60.0 Å². The van der Waals surface area contributed by atoms with Gasteiger partial charge in [0.25, 0.3) is 5.91 Å². The fourth-order valence-corrected chi connectivity index (χ4v) is 5.95. The molecule has 3 heterocycles. The molecule has 2 aliphatic heterocycles. The quantitative estimate of drug-likeness (QED) is 0.704. The predicted octanol–water partition coefficient (Wildman–Crippen LogP) is 2.95. The first-order valence-corrected chi connectivity index (χ1v) is 12.1. The third-order valence-electron chi connectivity index (χ3n) is 6.04. The minimum atomic E-state index is -3.69. The minimum Gasteiger partial charge on any atom is -0.497 e. The molecule has 2 saturated heterocycles. The van der Waals surface area contributed by atoms with Crippen LogP contribution in [0.2, 0.25) is 0 Å². The van der Waals surface area contributed by atoms with Crippen molar-refractivity contribution in [3.63, 3.8) is 0 Å². The number of piperidine rings is 1. The summed E-state index contributed by atoms with van der Waals surface area (Å²) in [5.74, 6) is 1.00. The monoisotopic (exact) mass is 444 g/mol. The first-order chi connectivity index (χ1) is 14.9. The van der Waals surface area contributed by atoms with Crippen LogP contribution >= 0.6 is 0 Å². The normalized spacial score (nSPS) is 20.1. The second-order valence-corrected chi connectivity index (χ2v) is 9.92. The molecule has 0 bridgehead atoms. The minimum absolute atomic E-state index is 0.0436. The van der Waals surface area contributed by atoms with Crippen LogP contribution in [-0.4, -0.2) is 60.2 Å². The van der Waals surface area contributed by atoms with Gasteiger partial charge in [-0.2, -0.15) is 4.31 Å². The highest BCUT2D eigenvalue weighted by Crippen LogP contribution is 2.35. The Kier molecular flexibility index (Phi) is 6.24. The van der Waals surface area contributed by atoms with Gasteiger partial charge in [0.1, 0.15) is 11.6 Å². The van der Waals surface area contributed by atoms with Gasteiger partial charge in [-0.15, -0.1) is 0 Å². The number of hydrogen-bond donors (Lipinski definition) is 0. The van der Waals surface area contributed by atoms with Crippen molar-refractivity contribution in [3.05, 3.63) is 47.5 Å². The number of carbonyl (C=O) groups excluding carboxylic acids is 1. The Morgan fingerprint density at radius 3 is 2.42 bits per heavy atom. The number of amides is 1. The van der Waals surface area contributed by atoms with Crippen molar-refractivity contribution in [1.29, 1.82) is 0 Å². The van der Waals surface area contributed by atoms with Crippen LogP contribution < -0.4 is 4.74 Å². The summed E-state index contributed by atoms with van der Waals surface area (Å²) in [5, 5.41) is 0. The van der Waals surface area contributed by atoms with Gasteiger partial charge in [0.05, 0.1) is 29.3 Å². The van der Waals surface area contributed by atoms with Crippen LogP contribution in [0.3, 0.4) is 0 Å². The molecular weight excluding hydrogens is 416 g/mol. The van der Waals surface area contributed by atoms with E-state index in [0.29, 0.717) is 35.8 Å². The lowest BCUT2D eigenvalue weighted by Gasteiger charge is -2.27. The van der Waals surface area contributed by atoms with E-state index < -0.39 is 16.1 Å². The molecule has 31 heavy (non-hydrogen) atoms. The van der Waals surface area contributed by atoms with Crippen molar-refractivity contribution < 1.29 is 17.9 Å². The van der Waals surface area contributed by atoms with Crippen LogP contribution in [0.4, 0.5) is 0 Å². The zero-order valence-corrected chi connectivity index (χ0v) is 18.8. The molecule has 0 N–H and O–H groups in total. The zero-order chi connectivity index (χ0) is 22.0. The molecule has 0 spiro atoms. The van der Waals surface area contributed by atoms with E-state index in [-0.39, 0.29) is 10.8 Å². The second kappa shape index (κ2) is 8.92. The Balaban J connectivity index is 1.58. The molecule has 1 aromatic heterocycles. The molecule has 1 aromatic carbocycles. The molecule has 1 amide bonds. The molecule has 2 aliphatic rings. The highest BCUT2D eigenvalue weighted by atomic mass is 32.2. The molecule has 0 aliphatic carbocycles. The first-order valence-electron chi connectivity index (χ1n) is 10.7. The van der Waals surface area contributed by atoms with E-state index in [4.69, 9.17) is 4.74 Å². The smallest absolute Gasteiger partial charge is 0.257 e. The van der Waals surface area contributed by atoms with E-state index >= 15 is 0 Å². The topological polar surface area (TPSA) is 92.7 Å². The molecule has 2 aromatic rings. The number of likely N-dealkylation sites (tertiary alicyclic amines) is 1. The average Bonchev–Trinajstić information content (AvgIpc) is 3.30. The van der Waals surface area contributed by atoms with E-state index in [1.165, 1.54) is 4.31 Å². The second-order valence-electron chi connectivity index (χ2n) is 8.03. The summed E-state index contributed by atoms with van der Waals surface area (Å²) >= 11 is 0. The standard InChI is InChI=1S/C22H28N4O4S/c1-16-19(22(27)25-12-4-3-5-13-25)15-23-21(24-16)20-7-6-14-26(20)31(28,29)18-10-8-17(30-2)9-11-18/h8-11,15,20H,3-7,12-14H2,1-2H3/t20-/m0/s1. The average molecular weight is 445 g/mol. The zero-order valence-electron chi connectivity index (χ0n) is 18.0. The molecule has 166 valence electrons. The van der Waals surface area contributed by atoms with Gasteiger partial charge >= 0.3 is 0 Å². The highest BCUT2D eigenvalue weighted by Gasteiger charge is 2.38. The first kappa shape index (κ1) is 21.7. The number of hydrogen-bond acceptors (Lipinski definition) is 6. The maximum atomic E-state index is 13.3. The van der Waals surface area contributed by atoms with Gasteiger partial charge < -0.3 is 9.64 Å². The number of nitrogens with zero attached hydrogens (tertiary/aromatic N) is 4. The van der Waals surface area contributed by atoms with Crippen LogP contribution in [0, 0.1) is 6.92 Å². The molecule has 1 atom stereocenters. The van der Waals surface area contributed by atoms with E-state index in [0.717, 1.165) is 38.8 Å². The number of benzene rings is 1. The van der Waals surface area contributed by atoms with Crippen molar-refractivity contribution in [2.24, 2.45) is 0 Å². The lowest BCUT2D eigenvalue weighted by molar-refractivity contribution is 0.0722. The number of ether oxygens (including phenoxy) is 1. The third-order valence-corrected chi connectivity index (χ3v) is 7.96. The van der Waals surface area contributed by atoms with Crippen molar-refractivity contribution in [2.75, 3.05) is 26.7 Å². The van der Waals surface area contributed by atoms with Crippen molar-refractivity contribution in [2.45, 2.75) is 50.0 Å². The number of aromatic nitrogens is 2. The predicted molar refractivity (Wildman–Crippen MR) is 115 cm³/mol. The van der Waals surface area contributed by atoms with Crippen LogP contribution in [-0.2, 0) is 10.0 Å². The molecular formula is C22H28N4O4S. The van der Waals surface area contributed by atoms with E-state index in [1.807, 2.05) is 4.90 Å². The fraction of sp³-hybridized carbons (Fsp3) is 0.500. The van der Waals surface area contributed by atoms with Gasteiger partial charge in [0, 0.05) is 25.8 Å². The molecule has 2 fully saturated rings. The van der Waals surface area contributed by atoms with E-state index in [1.54, 1.807) is 44.5 Å². The molecule has 9 heteroatoms. The number of methoxy groups -OCH3 is 1. The van der Waals surface area contributed by atoms with Crippen molar-refractivity contribution in [1.82, 2.24) is 19.2 Å². The maximum Gasteiger partial charge on any atom is 0.257 e. The summed E-state index contributed by atoms with van der Waals surface area (Å²) in [7, 11) is -2.15. The Morgan fingerprint density at radius 1 is 1.06 bits per heavy atom. The lowest BCUT2D eigenvalue weighted by atomic mass is 10.1.